The lowest BCUT2D eigenvalue weighted by atomic mass is 10.0. The first kappa shape index (κ1) is 15.5. The summed E-state index contributed by atoms with van der Waals surface area (Å²) in [6.07, 6.45) is -0.334. The van der Waals surface area contributed by atoms with Gasteiger partial charge < -0.3 is 9.84 Å². The van der Waals surface area contributed by atoms with Crippen molar-refractivity contribution >= 4 is 34.8 Å². The molecule has 0 aliphatic heterocycles. The fraction of sp³-hybridized carbons (Fsp3) is 0.200. The zero-order valence-electron chi connectivity index (χ0n) is 10.7. The van der Waals surface area contributed by atoms with Crippen molar-refractivity contribution in [3.8, 4) is 5.75 Å². The average molecular weight is 332 g/mol. The second kappa shape index (κ2) is 6.68. The summed E-state index contributed by atoms with van der Waals surface area (Å²) >= 11 is 17.8. The molecule has 2 nitrogen and oxygen atoms in total. The predicted octanol–water partition coefficient (Wildman–Crippen LogP) is 4.93. The van der Waals surface area contributed by atoms with Gasteiger partial charge >= 0.3 is 0 Å². The molecule has 0 aromatic heterocycles. The van der Waals surface area contributed by atoms with Gasteiger partial charge in [-0.3, -0.25) is 0 Å². The van der Waals surface area contributed by atoms with E-state index in [1.807, 2.05) is 0 Å². The van der Waals surface area contributed by atoms with Gasteiger partial charge in [0.2, 0.25) is 0 Å². The van der Waals surface area contributed by atoms with Crippen LogP contribution in [0, 0.1) is 0 Å². The molecule has 0 bridgehead atoms. The topological polar surface area (TPSA) is 29.5 Å². The Kier molecular flexibility index (Phi) is 5.17. The molecule has 106 valence electrons. The summed E-state index contributed by atoms with van der Waals surface area (Å²) in [6.45, 7) is 0. The number of benzene rings is 2. The molecule has 0 fully saturated rings. The number of hydrogen-bond acceptors (Lipinski definition) is 2. The van der Waals surface area contributed by atoms with Crippen LogP contribution >= 0.6 is 34.8 Å². The number of halogens is 3. The Labute approximate surface area is 132 Å². The molecular weight excluding hydrogens is 319 g/mol. The van der Waals surface area contributed by atoms with Crippen LogP contribution in [-0.2, 0) is 6.42 Å². The van der Waals surface area contributed by atoms with E-state index in [0.717, 1.165) is 5.56 Å². The molecule has 0 spiro atoms. The van der Waals surface area contributed by atoms with E-state index in [4.69, 9.17) is 39.5 Å². The van der Waals surface area contributed by atoms with Crippen molar-refractivity contribution in [3.63, 3.8) is 0 Å². The Morgan fingerprint density at radius 3 is 2.45 bits per heavy atom. The van der Waals surface area contributed by atoms with Gasteiger partial charge in [-0.2, -0.15) is 0 Å². The van der Waals surface area contributed by atoms with Crippen molar-refractivity contribution in [2.45, 2.75) is 12.5 Å². The van der Waals surface area contributed by atoms with Gasteiger partial charge in [0.15, 0.2) is 0 Å². The fourth-order valence-electron chi connectivity index (χ4n) is 1.95. The summed E-state index contributed by atoms with van der Waals surface area (Å²) < 4.78 is 5.26. The molecule has 1 unspecified atom stereocenters. The molecule has 0 aliphatic rings. The summed E-state index contributed by atoms with van der Waals surface area (Å²) in [5.74, 6) is 0.688. The molecule has 0 radical (unpaired) electrons. The number of ether oxygens (including phenoxy) is 1. The molecule has 1 atom stereocenters. The van der Waals surface area contributed by atoms with Crippen LogP contribution in [0.15, 0.2) is 36.4 Å². The first-order valence-electron chi connectivity index (χ1n) is 5.96. The van der Waals surface area contributed by atoms with Gasteiger partial charge in [0.05, 0.1) is 23.3 Å². The van der Waals surface area contributed by atoms with E-state index >= 15 is 0 Å². The van der Waals surface area contributed by atoms with E-state index in [-0.39, 0.29) is 0 Å². The maximum atomic E-state index is 10.3. The van der Waals surface area contributed by atoms with E-state index in [1.54, 1.807) is 43.5 Å². The van der Waals surface area contributed by atoms with Gasteiger partial charge in [0, 0.05) is 11.4 Å². The lowest BCUT2D eigenvalue weighted by Gasteiger charge is -2.14. The van der Waals surface area contributed by atoms with E-state index in [2.05, 4.69) is 0 Å². The van der Waals surface area contributed by atoms with Crippen LogP contribution in [0.1, 0.15) is 17.2 Å². The van der Waals surface area contributed by atoms with Gasteiger partial charge in [0.1, 0.15) is 5.75 Å². The van der Waals surface area contributed by atoms with Crippen molar-refractivity contribution in [2.75, 3.05) is 7.11 Å². The Balaban J connectivity index is 2.24. The quantitative estimate of drug-likeness (QED) is 0.860. The van der Waals surface area contributed by atoms with E-state index in [1.165, 1.54) is 0 Å². The summed E-state index contributed by atoms with van der Waals surface area (Å²) in [7, 11) is 1.58. The Bertz CT molecular complexity index is 614. The van der Waals surface area contributed by atoms with E-state index < -0.39 is 6.10 Å². The number of methoxy groups -OCH3 is 1. The highest BCUT2D eigenvalue weighted by molar-refractivity contribution is 6.42. The minimum atomic E-state index is -0.711. The van der Waals surface area contributed by atoms with Crippen molar-refractivity contribution in [1.82, 2.24) is 0 Å². The minimum absolute atomic E-state index is 0.377. The highest BCUT2D eigenvalue weighted by Crippen LogP contribution is 2.30. The van der Waals surface area contributed by atoms with Crippen molar-refractivity contribution < 1.29 is 9.84 Å². The Morgan fingerprint density at radius 2 is 1.80 bits per heavy atom. The highest BCUT2D eigenvalue weighted by Gasteiger charge is 2.13. The lowest BCUT2D eigenvalue weighted by molar-refractivity contribution is 0.177. The summed E-state index contributed by atoms with van der Waals surface area (Å²) in [5.41, 5.74) is 1.53. The molecule has 2 aromatic carbocycles. The molecule has 0 amide bonds. The lowest BCUT2D eigenvalue weighted by Crippen LogP contribution is -2.03. The molecule has 0 saturated heterocycles. The minimum Gasteiger partial charge on any atom is -0.496 e. The zero-order valence-corrected chi connectivity index (χ0v) is 13.0. The van der Waals surface area contributed by atoms with Gasteiger partial charge in [-0.25, -0.2) is 0 Å². The second-order valence-corrected chi connectivity index (χ2v) is 5.60. The van der Waals surface area contributed by atoms with Crippen LogP contribution in [0.3, 0.4) is 0 Å². The maximum Gasteiger partial charge on any atom is 0.122 e. The third kappa shape index (κ3) is 3.58. The molecule has 2 rings (SSSR count). The maximum absolute atomic E-state index is 10.3. The van der Waals surface area contributed by atoms with Crippen molar-refractivity contribution in [2.24, 2.45) is 0 Å². The SMILES string of the molecule is COc1ccc(Cl)cc1CC(O)c1ccc(Cl)c(Cl)c1. The normalized spacial score (nSPS) is 12.2. The summed E-state index contributed by atoms with van der Waals surface area (Å²) in [4.78, 5) is 0. The van der Waals surface area contributed by atoms with Crippen LogP contribution in [0.5, 0.6) is 5.75 Å². The van der Waals surface area contributed by atoms with Crippen LogP contribution in [0.25, 0.3) is 0 Å². The van der Waals surface area contributed by atoms with E-state index in [9.17, 15) is 5.11 Å². The first-order chi connectivity index (χ1) is 9.51. The third-order valence-electron chi connectivity index (χ3n) is 2.98. The molecule has 20 heavy (non-hydrogen) atoms. The number of aliphatic hydroxyl groups is 1. The first-order valence-corrected chi connectivity index (χ1v) is 7.10. The average Bonchev–Trinajstić information content (AvgIpc) is 2.42. The van der Waals surface area contributed by atoms with Gasteiger partial charge in [-0.1, -0.05) is 40.9 Å². The Morgan fingerprint density at radius 1 is 1.05 bits per heavy atom. The molecule has 1 N–H and O–H groups in total. The van der Waals surface area contributed by atoms with Crippen LogP contribution in [0.2, 0.25) is 15.1 Å². The predicted molar refractivity (Wildman–Crippen MR) is 83.1 cm³/mol. The largest absolute Gasteiger partial charge is 0.496 e. The van der Waals surface area contributed by atoms with Crippen LogP contribution in [0.4, 0.5) is 0 Å². The highest BCUT2D eigenvalue weighted by atomic mass is 35.5. The molecule has 0 saturated carbocycles. The molecular formula is C15H13Cl3O2. The van der Waals surface area contributed by atoms with Crippen LogP contribution < -0.4 is 4.74 Å². The Hall–Kier alpha value is -0.930. The summed E-state index contributed by atoms with van der Waals surface area (Å²) in [5, 5.41) is 11.8. The van der Waals surface area contributed by atoms with Gasteiger partial charge in [-0.05, 0) is 41.5 Å². The fourth-order valence-corrected chi connectivity index (χ4v) is 2.45. The van der Waals surface area contributed by atoms with Crippen molar-refractivity contribution in [1.29, 1.82) is 0 Å². The summed E-state index contributed by atoms with van der Waals surface area (Å²) in [6, 6.07) is 10.4. The van der Waals surface area contributed by atoms with Gasteiger partial charge in [-0.15, -0.1) is 0 Å². The third-order valence-corrected chi connectivity index (χ3v) is 3.96. The van der Waals surface area contributed by atoms with Crippen molar-refractivity contribution in [3.05, 3.63) is 62.6 Å². The second-order valence-electron chi connectivity index (χ2n) is 4.35. The molecule has 2 aromatic rings. The smallest absolute Gasteiger partial charge is 0.122 e. The number of rotatable bonds is 4. The van der Waals surface area contributed by atoms with Gasteiger partial charge in [0.25, 0.3) is 0 Å². The zero-order chi connectivity index (χ0) is 14.7. The number of hydrogen-bond donors (Lipinski definition) is 1. The molecule has 0 aliphatic carbocycles. The number of aliphatic hydroxyl groups excluding tert-OH is 1. The monoisotopic (exact) mass is 330 g/mol. The molecule has 5 heteroatoms. The molecule has 0 heterocycles. The standard InChI is InChI=1S/C15H13Cl3O2/c1-20-15-5-3-11(16)6-10(15)8-14(19)9-2-4-12(17)13(18)7-9/h2-7,14,19H,8H2,1H3. The van der Waals surface area contributed by atoms with E-state index in [0.29, 0.717) is 32.8 Å². The van der Waals surface area contributed by atoms with Crippen LogP contribution in [-0.4, -0.2) is 12.2 Å².